The number of benzene rings is 2. The summed E-state index contributed by atoms with van der Waals surface area (Å²) < 4.78 is 0. The van der Waals surface area contributed by atoms with Gasteiger partial charge in [0, 0.05) is 19.2 Å². The minimum absolute atomic E-state index is 0.269. The second-order valence-corrected chi connectivity index (χ2v) is 6.49. The van der Waals surface area contributed by atoms with Gasteiger partial charge in [-0.25, -0.2) is 0 Å². The first-order valence-electron chi connectivity index (χ1n) is 8.75. The van der Waals surface area contributed by atoms with Crippen LogP contribution in [0.4, 0.5) is 0 Å². The van der Waals surface area contributed by atoms with Gasteiger partial charge in [0.2, 0.25) is 0 Å². The fourth-order valence-electron chi connectivity index (χ4n) is 3.60. The zero-order valence-corrected chi connectivity index (χ0v) is 14.0. The van der Waals surface area contributed by atoms with E-state index in [0.29, 0.717) is 11.6 Å². The quantitative estimate of drug-likeness (QED) is 0.907. The van der Waals surface area contributed by atoms with Gasteiger partial charge in [-0.15, -0.1) is 0 Å². The molecule has 1 aliphatic heterocycles. The molecule has 3 nitrogen and oxygen atoms in total. The molecule has 1 aliphatic rings. The minimum atomic E-state index is 0.269. The molecule has 0 spiro atoms. The van der Waals surface area contributed by atoms with E-state index in [0.717, 1.165) is 30.6 Å². The monoisotopic (exact) mass is 320 g/mol. The van der Waals surface area contributed by atoms with Crippen LogP contribution in [-0.2, 0) is 6.54 Å². The van der Waals surface area contributed by atoms with Crippen LogP contribution in [0.5, 0.6) is 0 Å². The number of hydrogen-bond acceptors (Lipinski definition) is 3. The zero-order valence-electron chi connectivity index (χ0n) is 14.0. The SMILES string of the molecule is N#Cc1ccccc1-c1ccc(CN2CCCCC2CCO)cc1. The molecular formula is C21H24N2O. The van der Waals surface area contributed by atoms with Crippen LogP contribution in [0.25, 0.3) is 11.1 Å². The van der Waals surface area contributed by atoms with E-state index in [9.17, 15) is 10.4 Å². The van der Waals surface area contributed by atoms with Crippen LogP contribution < -0.4 is 0 Å². The molecule has 2 aromatic rings. The lowest BCUT2D eigenvalue weighted by atomic mass is 9.97. The maximum absolute atomic E-state index is 9.26. The van der Waals surface area contributed by atoms with Gasteiger partial charge in [-0.1, -0.05) is 48.9 Å². The Labute approximate surface area is 144 Å². The van der Waals surface area contributed by atoms with E-state index in [1.54, 1.807) is 0 Å². The number of rotatable bonds is 5. The van der Waals surface area contributed by atoms with E-state index in [-0.39, 0.29) is 6.61 Å². The van der Waals surface area contributed by atoms with Crippen molar-refractivity contribution in [1.82, 2.24) is 4.90 Å². The first-order valence-corrected chi connectivity index (χ1v) is 8.75. The molecule has 1 unspecified atom stereocenters. The van der Waals surface area contributed by atoms with Crippen LogP contribution >= 0.6 is 0 Å². The first kappa shape index (κ1) is 16.7. The van der Waals surface area contributed by atoms with Crippen molar-refractivity contribution in [3.05, 3.63) is 59.7 Å². The highest BCUT2D eigenvalue weighted by Gasteiger charge is 2.21. The summed E-state index contributed by atoms with van der Waals surface area (Å²) in [6.45, 7) is 2.32. The van der Waals surface area contributed by atoms with E-state index < -0.39 is 0 Å². The average Bonchev–Trinajstić information content (AvgIpc) is 2.64. The van der Waals surface area contributed by atoms with Gasteiger partial charge >= 0.3 is 0 Å². The molecular weight excluding hydrogens is 296 g/mol. The highest BCUT2D eigenvalue weighted by atomic mass is 16.3. The molecule has 0 aromatic heterocycles. The number of nitriles is 1. The molecule has 124 valence electrons. The number of likely N-dealkylation sites (tertiary alicyclic amines) is 1. The van der Waals surface area contributed by atoms with Crippen molar-refractivity contribution in [2.24, 2.45) is 0 Å². The Kier molecular flexibility index (Phi) is 5.63. The van der Waals surface area contributed by atoms with Crippen LogP contribution in [0.15, 0.2) is 48.5 Å². The highest BCUT2D eigenvalue weighted by molar-refractivity contribution is 5.70. The van der Waals surface area contributed by atoms with Crippen molar-refractivity contribution in [3.63, 3.8) is 0 Å². The van der Waals surface area contributed by atoms with Gasteiger partial charge < -0.3 is 5.11 Å². The normalized spacial score (nSPS) is 18.2. The summed E-state index contributed by atoms with van der Waals surface area (Å²) in [7, 11) is 0. The number of aliphatic hydroxyl groups excluding tert-OH is 1. The molecule has 0 bridgehead atoms. The second kappa shape index (κ2) is 8.10. The molecule has 1 heterocycles. The maximum atomic E-state index is 9.26. The van der Waals surface area contributed by atoms with Gasteiger partial charge in [-0.3, -0.25) is 4.90 Å². The van der Waals surface area contributed by atoms with Crippen LogP contribution in [0.2, 0.25) is 0 Å². The standard InChI is InChI=1S/C21H24N2O/c22-15-19-5-1-2-7-21(19)18-10-8-17(9-11-18)16-23-13-4-3-6-20(23)12-14-24/h1-2,5,7-11,20,24H,3-4,6,12-14,16H2. The lowest BCUT2D eigenvalue weighted by Crippen LogP contribution is -2.39. The molecule has 2 aromatic carbocycles. The zero-order chi connectivity index (χ0) is 16.8. The Morgan fingerprint density at radius 3 is 2.62 bits per heavy atom. The smallest absolute Gasteiger partial charge is 0.0998 e. The van der Waals surface area contributed by atoms with Crippen molar-refractivity contribution >= 4 is 0 Å². The molecule has 1 atom stereocenters. The van der Waals surface area contributed by atoms with E-state index in [2.05, 4.69) is 35.2 Å². The Hall–Kier alpha value is -2.15. The highest BCUT2D eigenvalue weighted by Crippen LogP contribution is 2.25. The van der Waals surface area contributed by atoms with Gasteiger partial charge in [0.15, 0.2) is 0 Å². The van der Waals surface area contributed by atoms with Gasteiger partial charge in [-0.05, 0) is 48.6 Å². The number of piperidine rings is 1. The predicted molar refractivity (Wildman–Crippen MR) is 96.3 cm³/mol. The van der Waals surface area contributed by atoms with Crippen LogP contribution in [0.1, 0.15) is 36.8 Å². The molecule has 1 N–H and O–H groups in total. The maximum Gasteiger partial charge on any atom is 0.0998 e. The third-order valence-electron chi connectivity index (χ3n) is 4.91. The van der Waals surface area contributed by atoms with Crippen LogP contribution in [0, 0.1) is 11.3 Å². The van der Waals surface area contributed by atoms with Crippen molar-refractivity contribution in [3.8, 4) is 17.2 Å². The topological polar surface area (TPSA) is 47.3 Å². The van der Waals surface area contributed by atoms with Gasteiger partial charge in [0.05, 0.1) is 11.6 Å². The van der Waals surface area contributed by atoms with E-state index in [4.69, 9.17) is 0 Å². The lowest BCUT2D eigenvalue weighted by Gasteiger charge is -2.35. The number of aliphatic hydroxyl groups is 1. The lowest BCUT2D eigenvalue weighted by molar-refractivity contribution is 0.112. The van der Waals surface area contributed by atoms with Crippen molar-refractivity contribution in [1.29, 1.82) is 5.26 Å². The summed E-state index contributed by atoms with van der Waals surface area (Å²) in [4.78, 5) is 2.50. The summed E-state index contributed by atoms with van der Waals surface area (Å²) in [5, 5.41) is 18.5. The summed E-state index contributed by atoms with van der Waals surface area (Å²) in [5.41, 5.74) is 4.08. The first-order chi connectivity index (χ1) is 11.8. The minimum Gasteiger partial charge on any atom is -0.396 e. The van der Waals surface area contributed by atoms with E-state index in [1.165, 1.54) is 24.8 Å². The van der Waals surface area contributed by atoms with Crippen molar-refractivity contribution < 1.29 is 5.11 Å². The van der Waals surface area contributed by atoms with Gasteiger partial charge in [-0.2, -0.15) is 5.26 Å². The predicted octanol–water partition coefficient (Wildman–Crippen LogP) is 3.96. The second-order valence-electron chi connectivity index (χ2n) is 6.49. The Bertz CT molecular complexity index is 701. The molecule has 0 saturated carbocycles. The summed E-state index contributed by atoms with van der Waals surface area (Å²) in [6.07, 6.45) is 4.57. The molecule has 3 heteroatoms. The third-order valence-corrected chi connectivity index (χ3v) is 4.91. The summed E-state index contributed by atoms with van der Waals surface area (Å²) in [5.74, 6) is 0. The van der Waals surface area contributed by atoms with Crippen LogP contribution in [0.3, 0.4) is 0 Å². The molecule has 1 saturated heterocycles. The Balaban J connectivity index is 1.74. The van der Waals surface area contributed by atoms with Crippen molar-refractivity contribution in [2.75, 3.05) is 13.2 Å². The van der Waals surface area contributed by atoms with E-state index in [1.807, 2.05) is 24.3 Å². The average molecular weight is 320 g/mol. The Morgan fingerprint density at radius 1 is 1.08 bits per heavy atom. The molecule has 0 amide bonds. The number of hydrogen-bond donors (Lipinski definition) is 1. The number of nitrogens with zero attached hydrogens (tertiary/aromatic N) is 2. The fourth-order valence-corrected chi connectivity index (χ4v) is 3.60. The largest absolute Gasteiger partial charge is 0.396 e. The molecule has 0 aliphatic carbocycles. The van der Waals surface area contributed by atoms with Crippen molar-refractivity contribution in [2.45, 2.75) is 38.3 Å². The summed E-state index contributed by atoms with van der Waals surface area (Å²) in [6, 6.07) is 19.0. The summed E-state index contributed by atoms with van der Waals surface area (Å²) >= 11 is 0. The van der Waals surface area contributed by atoms with Gasteiger partial charge in [0.25, 0.3) is 0 Å². The third kappa shape index (κ3) is 3.84. The van der Waals surface area contributed by atoms with E-state index >= 15 is 0 Å². The molecule has 0 radical (unpaired) electrons. The molecule has 3 rings (SSSR count). The Morgan fingerprint density at radius 2 is 1.88 bits per heavy atom. The van der Waals surface area contributed by atoms with Crippen LogP contribution in [-0.4, -0.2) is 29.2 Å². The molecule has 24 heavy (non-hydrogen) atoms. The van der Waals surface area contributed by atoms with Gasteiger partial charge in [0.1, 0.15) is 0 Å². The molecule has 1 fully saturated rings. The fraction of sp³-hybridized carbons (Fsp3) is 0.381.